The van der Waals surface area contributed by atoms with E-state index in [1.54, 1.807) is 33.1 Å². The van der Waals surface area contributed by atoms with Crippen LogP contribution >= 0.6 is 0 Å². The summed E-state index contributed by atoms with van der Waals surface area (Å²) in [6, 6.07) is 9.26. The first-order valence-corrected chi connectivity index (χ1v) is 13.7. The van der Waals surface area contributed by atoms with Gasteiger partial charge in [-0.15, -0.1) is 0 Å². The second-order valence-electron chi connectivity index (χ2n) is 11.5. The third-order valence-electron chi connectivity index (χ3n) is 6.95. The zero-order valence-electron chi connectivity index (χ0n) is 25.5. The van der Waals surface area contributed by atoms with E-state index in [2.05, 4.69) is 31.2 Å². The minimum Gasteiger partial charge on any atom is -0.494 e. The predicted molar refractivity (Wildman–Crippen MR) is 164 cm³/mol. The van der Waals surface area contributed by atoms with Gasteiger partial charge in [0.25, 0.3) is 0 Å². The number of pyridine rings is 1. The minimum atomic E-state index is -0.536. The molecule has 222 valence electrons. The van der Waals surface area contributed by atoms with Crippen molar-refractivity contribution in [1.29, 1.82) is 5.26 Å². The van der Waals surface area contributed by atoms with E-state index in [-0.39, 0.29) is 17.6 Å². The molecule has 0 spiro atoms. The summed E-state index contributed by atoms with van der Waals surface area (Å²) in [6.45, 7) is 9.78. The van der Waals surface area contributed by atoms with Gasteiger partial charge in [0.2, 0.25) is 5.95 Å². The fourth-order valence-electron chi connectivity index (χ4n) is 4.81. The number of carbonyl (C=O) groups is 1. The predicted octanol–water partition coefficient (Wildman–Crippen LogP) is 4.07. The fourth-order valence-corrected chi connectivity index (χ4v) is 4.81. The number of hydrogen-bond donors (Lipinski definition) is 2. The Morgan fingerprint density at radius 3 is 2.60 bits per heavy atom. The molecule has 1 aromatic carbocycles. The summed E-state index contributed by atoms with van der Waals surface area (Å²) >= 11 is 0. The van der Waals surface area contributed by atoms with Gasteiger partial charge in [-0.1, -0.05) is 13.8 Å². The van der Waals surface area contributed by atoms with E-state index in [1.807, 2.05) is 52.0 Å². The molecule has 42 heavy (non-hydrogen) atoms. The first kappa shape index (κ1) is 30.3. The number of rotatable bonds is 10. The lowest BCUT2D eigenvalue weighted by molar-refractivity contribution is 0.0378. The Morgan fingerprint density at radius 2 is 1.95 bits per heavy atom. The summed E-state index contributed by atoms with van der Waals surface area (Å²) in [5.41, 5.74) is 10.1. The van der Waals surface area contributed by atoms with Crippen molar-refractivity contribution in [2.75, 3.05) is 68.7 Å². The number of methoxy groups -OCH3 is 1. The first-order chi connectivity index (χ1) is 19.8. The van der Waals surface area contributed by atoms with Crippen LogP contribution in [-0.4, -0.2) is 79.8 Å². The largest absolute Gasteiger partial charge is 0.494 e. The number of hydrogen-bond acceptors (Lipinski definition) is 12. The quantitative estimate of drug-likeness (QED) is 0.266. The smallest absolute Gasteiger partial charge is 0.343 e. The van der Waals surface area contributed by atoms with Gasteiger partial charge in [-0.2, -0.15) is 10.2 Å². The van der Waals surface area contributed by atoms with Crippen molar-refractivity contribution in [2.24, 2.45) is 0 Å². The summed E-state index contributed by atoms with van der Waals surface area (Å²) in [4.78, 5) is 33.1. The van der Waals surface area contributed by atoms with Crippen molar-refractivity contribution in [3.63, 3.8) is 0 Å². The summed E-state index contributed by atoms with van der Waals surface area (Å²) in [7, 11) is 7.61. The number of benzene rings is 1. The number of nitriles is 1. The third-order valence-corrected chi connectivity index (χ3v) is 6.95. The second-order valence-corrected chi connectivity index (χ2v) is 11.5. The molecule has 1 aliphatic heterocycles. The highest BCUT2D eigenvalue weighted by atomic mass is 16.5. The Balaban J connectivity index is 1.76. The number of fused-ring (bicyclic) bond motifs is 1. The number of likely N-dealkylation sites (N-methyl/N-ethyl adjacent to an activating group) is 2. The van der Waals surface area contributed by atoms with Crippen LogP contribution in [0.3, 0.4) is 0 Å². The highest BCUT2D eigenvalue weighted by Crippen LogP contribution is 2.44. The van der Waals surface area contributed by atoms with Crippen molar-refractivity contribution < 1.29 is 14.3 Å². The number of anilines is 6. The van der Waals surface area contributed by atoms with Crippen LogP contribution in [0.1, 0.15) is 49.4 Å². The van der Waals surface area contributed by atoms with E-state index in [4.69, 9.17) is 20.2 Å². The molecule has 0 atom stereocenters. The fraction of sp³-hybridized carbons (Fsp3) is 0.433. The van der Waals surface area contributed by atoms with Crippen LogP contribution in [0.5, 0.6) is 5.75 Å². The highest BCUT2D eigenvalue weighted by molar-refractivity contribution is 5.96. The molecule has 0 radical (unpaired) electrons. The van der Waals surface area contributed by atoms with Gasteiger partial charge in [-0.3, -0.25) is 0 Å². The molecule has 3 N–H and O–H groups in total. The molecular weight excluding hydrogens is 534 g/mol. The lowest BCUT2D eigenvalue weighted by Crippen LogP contribution is -2.29. The van der Waals surface area contributed by atoms with Crippen molar-refractivity contribution in [1.82, 2.24) is 19.9 Å². The average Bonchev–Trinajstić information content (AvgIpc) is 3.21. The van der Waals surface area contributed by atoms with E-state index in [9.17, 15) is 10.1 Å². The number of esters is 1. The SMILES string of the molecule is COc1cc(N(C)CCN(C)C)c(N)cc1Nc1ncc(C(=O)OC(C)C)c(N2CC(C)(C)c3nc(C#N)ccc32)n1. The van der Waals surface area contributed by atoms with Gasteiger partial charge >= 0.3 is 5.97 Å². The van der Waals surface area contributed by atoms with Crippen LogP contribution in [0.15, 0.2) is 30.5 Å². The zero-order valence-corrected chi connectivity index (χ0v) is 25.5. The maximum Gasteiger partial charge on any atom is 0.343 e. The third kappa shape index (κ3) is 6.31. The van der Waals surface area contributed by atoms with E-state index in [1.165, 1.54) is 6.20 Å². The molecular formula is C30H39N9O3. The Morgan fingerprint density at radius 1 is 1.21 bits per heavy atom. The van der Waals surface area contributed by atoms with E-state index in [0.717, 1.165) is 30.2 Å². The molecule has 0 aliphatic carbocycles. The van der Waals surface area contributed by atoms with Crippen molar-refractivity contribution in [2.45, 2.75) is 39.2 Å². The first-order valence-electron chi connectivity index (χ1n) is 13.7. The zero-order chi connectivity index (χ0) is 30.8. The molecule has 3 aromatic rings. The van der Waals surface area contributed by atoms with E-state index >= 15 is 0 Å². The molecule has 0 amide bonds. The molecule has 0 saturated heterocycles. The van der Waals surface area contributed by atoms with Crippen molar-refractivity contribution >= 4 is 40.5 Å². The maximum atomic E-state index is 13.2. The van der Waals surface area contributed by atoms with Gasteiger partial charge in [0.05, 0.1) is 41.7 Å². The number of nitrogen functional groups attached to an aromatic ring is 1. The normalized spacial score (nSPS) is 13.6. The molecule has 0 saturated carbocycles. The summed E-state index contributed by atoms with van der Waals surface area (Å²) in [5.74, 6) is 0.630. The molecule has 1 aliphatic rings. The van der Waals surface area contributed by atoms with Crippen molar-refractivity contribution in [3.05, 3.63) is 47.4 Å². The van der Waals surface area contributed by atoms with Gasteiger partial charge in [0.15, 0.2) is 5.82 Å². The Hall–Kier alpha value is -4.63. The summed E-state index contributed by atoms with van der Waals surface area (Å²) in [5, 5.41) is 12.6. The second kappa shape index (κ2) is 12.1. The monoisotopic (exact) mass is 573 g/mol. The molecule has 0 bridgehead atoms. The number of aromatic nitrogens is 3. The standard InChI is InChI=1S/C30H39N9O3/c1-18(2)42-28(40)20-16-33-29(35-22-13-21(32)24(14-25(22)41-8)38(7)12-11-37(5)6)36-27(20)39-17-30(3,4)26-23(39)10-9-19(15-31)34-26/h9-10,13-14,16,18H,11-12,17,32H2,1-8H3,(H,33,35,36). The van der Waals surface area contributed by atoms with Crippen LogP contribution in [-0.2, 0) is 10.2 Å². The van der Waals surface area contributed by atoms with Gasteiger partial charge in [-0.05, 0) is 46.1 Å². The summed E-state index contributed by atoms with van der Waals surface area (Å²) < 4.78 is 11.2. The topological polar surface area (TPSA) is 146 Å². The Kier molecular flexibility index (Phi) is 8.72. The molecule has 0 fully saturated rings. The summed E-state index contributed by atoms with van der Waals surface area (Å²) in [6.07, 6.45) is 1.13. The van der Waals surface area contributed by atoms with Crippen LogP contribution in [0, 0.1) is 11.3 Å². The molecule has 0 unspecified atom stereocenters. The minimum absolute atomic E-state index is 0.214. The molecule has 12 nitrogen and oxygen atoms in total. The number of nitrogens with zero attached hydrogens (tertiary/aromatic N) is 7. The van der Waals surface area contributed by atoms with Gasteiger partial charge in [-0.25, -0.2) is 14.8 Å². The number of carbonyl (C=O) groups excluding carboxylic acids is 1. The van der Waals surface area contributed by atoms with Crippen LogP contribution in [0.2, 0.25) is 0 Å². The number of nitrogens with one attached hydrogen (secondary N) is 1. The Labute approximate surface area is 247 Å². The molecule has 4 rings (SSSR count). The molecule has 3 heterocycles. The van der Waals surface area contributed by atoms with Crippen molar-refractivity contribution in [3.8, 4) is 11.8 Å². The van der Waals surface area contributed by atoms with Crippen LogP contribution < -0.4 is 25.6 Å². The lowest BCUT2D eigenvalue weighted by Gasteiger charge is -2.25. The van der Waals surface area contributed by atoms with E-state index < -0.39 is 11.4 Å². The van der Waals surface area contributed by atoms with Gasteiger partial charge in [0.1, 0.15) is 23.1 Å². The van der Waals surface area contributed by atoms with Gasteiger partial charge in [0, 0.05) is 44.4 Å². The molecule has 12 heteroatoms. The maximum absolute atomic E-state index is 13.2. The van der Waals surface area contributed by atoms with Gasteiger partial charge < -0.3 is 35.2 Å². The Bertz CT molecular complexity index is 1510. The number of nitrogens with two attached hydrogens (primary N) is 1. The average molecular weight is 574 g/mol. The van der Waals surface area contributed by atoms with E-state index in [0.29, 0.717) is 35.2 Å². The van der Waals surface area contributed by atoms with Crippen LogP contribution in [0.4, 0.5) is 34.5 Å². The molecule has 2 aromatic heterocycles. The van der Waals surface area contributed by atoms with Crippen LogP contribution in [0.25, 0.3) is 0 Å². The number of ether oxygens (including phenoxy) is 2. The lowest BCUT2D eigenvalue weighted by atomic mass is 9.91. The highest BCUT2D eigenvalue weighted by Gasteiger charge is 2.40.